The maximum atomic E-state index is 12.7. The minimum atomic E-state index is -0.903. The molecule has 2 aliphatic rings. The lowest BCUT2D eigenvalue weighted by molar-refractivity contribution is -0.132. The number of hydrogen-bond donors (Lipinski definition) is 1. The van der Waals surface area contributed by atoms with E-state index in [0.29, 0.717) is 26.1 Å². The lowest BCUT2D eigenvalue weighted by atomic mass is 9.89. The number of nitrogens with zero attached hydrogens (tertiary/aromatic N) is 3. The minimum absolute atomic E-state index is 0.143. The van der Waals surface area contributed by atoms with Crippen molar-refractivity contribution in [2.45, 2.75) is 25.4 Å². The van der Waals surface area contributed by atoms with E-state index in [1.54, 1.807) is 0 Å². The number of hydrogen-bond acceptors (Lipinski definition) is 4. The molecule has 5 heteroatoms. The number of carbonyl (C=O) groups is 1. The fourth-order valence-electron chi connectivity index (χ4n) is 3.87. The smallest absolute Gasteiger partial charge is 0.236 e. The van der Waals surface area contributed by atoms with Crippen LogP contribution in [0.1, 0.15) is 24.0 Å². The highest BCUT2D eigenvalue weighted by atomic mass is 16.3. The first-order valence-corrected chi connectivity index (χ1v) is 8.95. The molecule has 2 aliphatic heterocycles. The summed E-state index contributed by atoms with van der Waals surface area (Å²) in [6.45, 7) is 7.57. The SMILES string of the molecule is Cc1ccccc1[C@]1(O)CCN(C(=O)CN2CCCN(C)CC2)C1. The maximum Gasteiger partial charge on any atom is 0.236 e. The number of carbonyl (C=O) groups excluding carboxylic acids is 1. The largest absolute Gasteiger partial charge is 0.383 e. The predicted molar refractivity (Wildman–Crippen MR) is 94.8 cm³/mol. The van der Waals surface area contributed by atoms with Crippen LogP contribution in [0, 0.1) is 6.92 Å². The third-order valence-corrected chi connectivity index (χ3v) is 5.42. The Morgan fingerprint density at radius 1 is 1.17 bits per heavy atom. The summed E-state index contributed by atoms with van der Waals surface area (Å²) in [5.41, 5.74) is 1.14. The van der Waals surface area contributed by atoms with Gasteiger partial charge in [0, 0.05) is 19.6 Å². The molecule has 2 heterocycles. The average Bonchev–Trinajstić information content (AvgIpc) is 2.85. The number of likely N-dealkylation sites (tertiary alicyclic amines) is 1. The molecule has 2 saturated heterocycles. The molecule has 5 nitrogen and oxygen atoms in total. The second-order valence-corrected chi connectivity index (χ2v) is 7.34. The summed E-state index contributed by atoms with van der Waals surface area (Å²) in [6.07, 6.45) is 1.73. The first-order chi connectivity index (χ1) is 11.5. The molecule has 3 rings (SSSR count). The van der Waals surface area contributed by atoms with Crippen molar-refractivity contribution in [2.75, 3.05) is 52.9 Å². The van der Waals surface area contributed by atoms with Crippen LogP contribution in [0.25, 0.3) is 0 Å². The van der Waals surface area contributed by atoms with Gasteiger partial charge in [-0.05, 0) is 51.0 Å². The molecule has 1 atom stereocenters. The highest BCUT2D eigenvalue weighted by Gasteiger charge is 2.40. The molecule has 2 fully saturated rings. The van der Waals surface area contributed by atoms with Gasteiger partial charge in [-0.25, -0.2) is 0 Å². The summed E-state index contributed by atoms with van der Waals surface area (Å²) < 4.78 is 0. The molecular formula is C19H29N3O2. The van der Waals surface area contributed by atoms with E-state index >= 15 is 0 Å². The molecule has 132 valence electrons. The van der Waals surface area contributed by atoms with Crippen molar-refractivity contribution < 1.29 is 9.90 Å². The van der Waals surface area contributed by atoms with E-state index in [4.69, 9.17) is 0 Å². The standard InChI is InChI=1S/C19H29N3O2/c1-16-6-3-4-7-17(16)19(24)8-11-22(15-19)18(23)14-21-10-5-9-20(2)12-13-21/h3-4,6-7,24H,5,8-15H2,1-2H3/t19-/m0/s1. The fraction of sp³-hybridized carbons (Fsp3) is 0.632. The molecule has 0 aromatic heterocycles. The normalized spacial score (nSPS) is 26.5. The van der Waals surface area contributed by atoms with Crippen LogP contribution < -0.4 is 0 Å². The molecule has 0 saturated carbocycles. The van der Waals surface area contributed by atoms with Gasteiger partial charge < -0.3 is 14.9 Å². The molecule has 0 radical (unpaired) electrons. The Balaban J connectivity index is 1.61. The molecule has 0 aliphatic carbocycles. The Hall–Kier alpha value is -1.43. The van der Waals surface area contributed by atoms with Gasteiger partial charge in [-0.3, -0.25) is 9.69 Å². The van der Waals surface area contributed by atoms with Crippen molar-refractivity contribution >= 4 is 5.91 Å². The van der Waals surface area contributed by atoms with Crippen LogP contribution in [0.4, 0.5) is 0 Å². The third kappa shape index (κ3) is 3.79. The maximum absolute atomic E-state index is 12.7. The second-order valence-electron chi connectivity index (χ2n) is 7.34. The number of amides is 1. The van der Waals surface area contributed by atoms with E-state index < -0.39 is 5.60 Å². The monoisotopic (exact) mass is 331 g/mol. The van der Waals surface area contributed by atoms with Crippen LogP contribution in [-0.4, -0.2) is 78.6 Å². The summed E-state index contributed by atoms with van der Waals surface area (Å²) in [4.78, 5) is 19.1. The van der Waals surface area contributed by atoms with E-state index in [2.05, 4.69) is 16.8 Å². The zero-order valence-electron chi connectivity index (χ0n) is 14.9. The zero-order chi connectivity index (χ0) is 17.2. The first-order valence-electron chi connectivity index (χ1n) is 8.95. The van der Waals surface area contributed by atoms with Crippen molar-refractivity contribution in [3.8, 4) is 0 Å². The molecule has 1 amide bonds. The topological polar surface area (TPSA) is 47.0 Å². The molecule has 1 N–H and O–H groups in total. The van der Waals surface area contributed by atoms with Crippen LogP contribution in [0.2, 0.25) is 0 Å². The van der Waals surface area contributed by atoms with Gasteiger partial charge in [0.25, 0.3) is 0 Å². The minimum Gasteiger partial charge on any atom is -0.383 e. The van der Waals surface area contributed by atoms with Crippen LogP contribution in [0.5, 0.6) is 0 Å². The molecule has 1 aromatic rings. The Morgan fingerprint density at radius 3 is 2.75 bits per heavy atom. The summed E-state index contributed by atoms with van der Waals surface area (Å²) in [5.74, 6) is 0.143. The van der Waals surface area contributed by atoms with E-state index in [1.165, 1.54) is 0 Å². The van der Waals surface area contributed by atoms with Crippen LogP contribution in [-0.2, 0) is 10.4 Å². The molecule has 0 unspecified atom stereocenters. The van der Waals surface area contributed by atoms with Gasteiger partial charge in [0.1, 0.15) is 5.60 Å². The Morgan fingerprint density at radius 2 is 1.96 bits per heavy atom. The Bertz CT molecular complexity index is 592. The lowest BCUT2D eigenvalue weighted by Crippen LogP contribution is -2.42. The van der Waals surface area contributed by atoms with Crippen LogP contribution in [0.15, 0.2) is 24.3 Å². The molecule has 0 bridgehead atoms. The van der Waals surface area contributed by atoms with Gasteiger partial charge in [0.15, 0.2) is 0 Å². The number of aryl methyl sites for hydroxylation is 1. The van der Waals surface area contributed by atoms with E-state index in [9.17, 15) is 9.90 Å². The number of β-amino-alcohol motifs (C(OH)–C–C–N with tert-alkyl or cyclic N) is 1. The first kappa shape index (κ1) is 17.4. The summed E-state index contributed by atoms with van der Waals surface area (Å²) in [6, 6.07) is 7.94. The van der Waals surface area contributed by atoms with Gasteiger partial charge >= 0.3 is 0 Å². The highest BCUT2D eigenvalue weighted by molar-refractivity contribution is 5.78. The average molecular weight is 331 g/mol. The zero-order valence-corrected chi connectivity index (χ0v) is 14.9. The Labute approximate surface area is 144 Å². The predicted octanol–water partition coefficient (Wildman–Crippen LogP) is 1.05. The third-order valence-electron chi connectivity index (χ3n) is 5.42. The van der Waals surface area contributed by atoms with Crippen molar-refractivity contribution in [3.05, 3.63) is 35.4 Å². The lowest BCUT2D eigenvalue weighted by Gasteiger charge is -2.27. The molecular weight excluding hydrogens is 302 g/mol. The number of likely N-dealkylation sites (N-methyl/N-ethyl adjacent to an activating group) is 1. The van der Waals surface area contributed by atoms with Crippen LogP contribution >= 0.6 is 0 Å². The number of rotatable bonds is 3. The number of benzene rings is 1. The van der Waals surface area contributed by atoms with E-state index in [1.807, 2.05) is 36.1 Å². The van der Waals surface area contributed by atoms with Crippen molar-refractivity contribution in [2.24, 2.45) is 0 Å². The van der Waals surface area contributed by atoms with E-state index in [-0.39, 0.29) is 5.91 Å². The fourth-order valence-corrected chi connectivity index (χ4v) is 3.87. The summed E-state index contributed by atoms with van der Waals surface area (Å²) in [7, 11) is 2.13. The van der Waals surface area contributed by atoms with Crippen molar-refractivity contribution in [1.82, 2.24) is 14.7 Å². The molecule has 24 heavy (non-hydrogen) atoms. The van der Waals surface area contributed by atoms with Gasteiger partial charge in [0.05, 0.1) is 13.1 Å². The van der Waals surface area contributed by atoms with Crippen molar-refractivity contribution in [3.63, 3.8) is 0 Å². The summed E-state index contributed by atoms with van der Waals surface area (Å²) in [5, 5.41) is 11.0. The van der Waals surface area contributed by atoms with Gasteiger partial charge in [-0.15, -0.1) is 0 Å². The molecule has 1 aromatic carbocycles. The number of aliphatic hydroxyl groups is 1. The summed E-state index contributed by atoms with van der Waals surface area (Å²) >= 11 is 0. The van der Waals surface area contributed by atoms with Gasteiger partial charge in [-0.2, -0.15) is 0 Å². The second kappa shape index (κ2) is 7.21. The van der Waals surface area contributed by atoms with Crippen LogP contribution in [0.3, 0.4) is 0 Å². The van der Waals surface area contributed by atoms with E-state index in [0.717, 1.165) is 43.7 Å². The van der Waals surface area contributed by atoms with Gasteiger partial charge in [0.2, 0.25) is 5.91 Å². The highest BCUT2D eigenvalue weighted by Crippen LogP contribution is 2.33. The Kier molecular flexibility index (Phi) is 5.23. The van der Waals surface area contributed by atoms with Gasteiger partial charge in [-0.1, -0.05) is 24.3 Å². The molecule has 0 spiro atoms. The van der Waals surface area contributed by atoms with Crippen molar-refractivity contribution in [1.29, 1.82) is 0 Å². The quantitative estimate of drug-likeness (QED) is 0.899.